The highest BCUT2D eigenvalue weighted by Gasteiger charge is 2.34. The van der Waals surface area contributed by atoms with E-state index in [0.717, 1.165) is 17.8 Å². The lowest BCUT2D eigenvalue weighted by Crippen LogP contribution is -2.24. The molecule has 1 amide bonds. The number of amides is 1. The molecule has 2 aromatic heterocycles. The molecule has 3 rings (SSSR count). The van der Waals surface area contributed by atoms with Gasteiger partial charge in [0.1, 0.15) is 5.76 Å². The van der Waals surface area contributed by atoms with Crippen LogP contribution in [0.4, 0.5) is 18.9 Å². The number of hydrogen-bond acceptors (Lipinski definition) is 6. The van der Waals surface area contributed by atoms with E-state index >= 15 is 0 Å². The quantitative estimate of drug-likeness (QED) is 0.624. The number of furan rings is 1. The zero-order chi connectivity index (χ0) is 19.6. The second kappa shape index (κ2) is 7.47. The molecule has 1 N–H and O–H groups in total. The van der Waals surface area contributed by atoms with Gasteiger partial charge in [0.2, 0.25) is 5.91 Å². The molecule has 27 heavy (non-hydrogen) atoms. The summed E-state index contributed by atoms with van der Waals surface area (Å²) >= 11 is 0.944. The summed E-state index contributed by atoms with van der Waals surface area (Å²) < 4.78 is 49.7. The monoisotopic (exact) mass is 397 g/mol. The molecule has 0 bridgehead atoms. The van der Waals surface area contributed by atoms with Gasteiger partial charge in [-0.25, -0.2) is 0 Å². The van der Waals surface area contributed by atoms with Gasteiger partial charge in [0.25, 0.3) is 11.1 Å². The first-order valence-electron chi connectivity index (χ1n) is 7.77. The predicted octanol–water partition coefficient (Wildman–Crippen LogP) is 4.78. The van der Waals surface area contributed by atoms with E-state index in [1.807, 2.05) is 0 Å². The summed E-state index contributed by atoms with van der Waals surface area (Å²) in [6.07, 6.45) is -3.08. The molecule has 0 saturated carbocycles. The third-order valence-electron chi connectivity index (χ3n) is 3.63. The maximum atomic E-state index is 13.0. The number of halogens is 3. The number of rotatable bonds is 5. The third kappa shape index (κ3) is 4.33. The van der Waals surface area contributed by atoms with Crippen molar-refractivity contribution in [1.82, 2.24) is 10.2 Å². The van der Waals surface area contributed by atoms with Crippen LogP contribution in [0, 0.1) is 6.92 Å². The Morgan fingerprint density at radius 1 is 1.22 bits per heavy atom. The average Bonchev–Trinajstić information content (AvgIpc) is 3.23. The van der Waals surface area contributed by atoms with Gasteiger partial charge in [-0.15, -0.1) is 10.2 Å². The van der Waals surface area contributed by atoms with Crippen LogP contribution in [-0.2, 0) is 11.0 Å². The average molecular weight is 397 g/mol. The molecule has 0 spiro atoms. The van der Waals surface area contributed by atoms with Gasteiger partial charge in [0.05, 0.1) is 28.3 Å². The van der Waals surface area contributed by atoms with E-state index in [2.05, 4.69) is 15.5 Å². The Hall–Kier alpha value is -2.75. The van der Waals surface area contributed by atoms with Crippen molar-refractivity contribution in [3.8, 4) is 11.5 Å². The van der Waals surface area contributed by atoms with Gasteiger partial charge < -0.3 is 14.2 Å². The molecule has 0 saturated heterocycles. The second-order valence-corrected chi connectivity index (χ2v) is 6.85. The number of thioether (sulfide) groups is 1. The molecule has 0 aliphatic carbocycles. The fourth-order valence-electron chi connectivity index (χ4n) is 2.25. The first-order valence-corrected chi connectivity index (χ1v) is 8.65. The first kappa shape index (κ1) is 19.0. The Labute approximate surface area is 156 Å². The van der Waals surface area contributed by atoms with Crippen LogP contribution in [-0.4, -0.2) is 21.4 Å². The Kier molecular flexibility index (Phi) is 5.26. The SMILES string of the molecule is Cc1occc1-c1nnc(SC(C)C(=O)Nc2ccccc2C(F)(F)F)o1. The number of anilines is 1. The topological polar surface area (TPSA) is 81.2 Å². The number of carbonyl (C=O) groups excluding carboxylic acids is 1. The number of nitrogens with one attached hydrogen (secondary N) is 1. The number of nitrogens with zero attached hydrogens (tertiary/aromatic N) is 2. The van der Waals surface area contributed by atoms with E-state index in [9.17, 15) is 18.0 Å². The number of alkyl halides is 3. The van der Waals surface area contributed by atoms with Crippen LogP contribution in [0.15, 0.2) is 50.7 Å². The molecular formula is C17H14F3N3O3S. The van der Waals surface area contributed by atoms with Crippen LogP contribution in [0.25, 0.3) is 11.5 Å². The second-order valence-electron chi connectivity index (χ2n) is 5.56. The Morgan fingerprint density at radius 3 is 2.63 bits per heavy atom. The van der Waals surface area contributed by atoms with E-state index in [1.165, 1.54) is 31.4 Å². The van der Waals surface area contributed by atoms with Crippen molar-refractivity contribution in [2.75, 3.05) is 5.32 Å². The van der Waals surface area contributed by atoms with Crippen molar-refractivity contribution in [3.63, 3.8) is 0 Å². The third-order valence-corrected chi connectivity index (χ3v) is 4.57. The smallest absolute Gasteiger partial charge is 0.418 e. The molecule has 0 aliphatic rings. The van der Waals surface area contributed by atoms with E-state index in [1.54, 1.807) is 13.0 Å². The number of aromatic nitrogens is 2. The Morgan fingerprint density at radius 2 is 1.96 bits per heavy atom. The molecule has 3 aromatic rings. The lowest BCUT2D eigenvalue weighted by Gasteiger charge is -2.15. The lowest BCUT2D eigenvalue weighted by molar-refractivity contribution is -0.137. The summed E-state index contributed by atoms with van der Waals surface area (Å²) in [4.78, 5) is 12.3. The van der Waals surface area contributed by atoms with Crippen molar-refractivity contribution < 1.29 is 26.8 Å². The normalized spacial score (nSPS) is 12.8. The van der Waals surface area contributed by atoms with Gasteiger partial charge in [-0.2, -0.15) is 13.2 Å². The minimum absolute atomic E-state index is 0.123. The Balaban J connectivity index is 1.69. The standard InChI is InChI=1S/C17H14F3N3O3S/c1-9-11(7-8-25-9)15-22-23-16(26-15)27-10(2)14(24)21-13-6-4-3-5-12(13)17(18,19)20/h3-8,10H,1-2H3,(H,21,24). The summed E-state index contributed by atoms with van der Waals surface area (Å²) in [6, 6.07) is 6.45. The van der Waals surface area contributed by atoms with Gasteiger partial charge in [-0.1, -0.05) is 23.9 Å². The van der Waals surface area contributed by atoms with E-state index in [4.69, 9.17) is 8.83 Å². The molecule has 1 unspecified atom stereocenters. The summed E-state index contributed by atoms with van der Waals surface area (Å²) in [5.41, 5.74) is -0.584. The van der Waals surface area contributed by atoms with Gasteiger partial charge in [-0.05, 0) is 32.0 Å². The maximum absolute atomic E-state index is 13.0. The summed E-state index contributed by atoms with van der Waals surface area (Å²) in [5.74, 6) is 0.222. The molecule has 1 atom stereocenters. The minimum Gasteiger partial charge on any atom is -0.469 e. The van der Waals surface area contributed by atoms with Gasteiger partial charge >= 0.3 is 6.18 Å². The molecular weight excluding hydrogens is 383 g/mol. The highest BCUT2D eigenvalue weighted by atomic mass is 32.2. The van der Waals surface area contributed by atoms with Crippen LogP contribution < -0.4 is 5.32 Å². The van der Waals surface area contributed by atoms with Crippen LogP contribution in [0.3, 0.4) is 0 Å². The lowest BCUT2D eigenvalue weighted by atomic mass is 10.1. The van der Waals surface area contributed by atoms with Crippen molar-refractivity contribution >= 4 is 23.4 Å². The summed E-state index contributed by atoms with van der Waals surface area (Å²) in [6.45, 7) is 3.27. The van der Waals surface area contributed by atoms with Crippen molar-refractivity contribution in [2.45, 2.75) is 30.5 Å². The number of benzene rings is 1. The van der Waals surface area contributed by atoms with Gasteiger partial charge in [0, 0.05) is 0 Å². The fraction of sp³-hybridized carbons (Fsp3) is 0.235. The molecule has 1 aromatic carbocycles. The number of hydrogen-bond donors (Lipinski definition) is 1. The van der Waals surface area contributed by atoms with Crippen molar-refractivity contribution in [2.24, 2.45) is 0 Å². The zero-order valence-electron chi connectivity index (χ0n) is 14.2. The molecule has 10 heteroatoms. The van der Waals surface area contributed by atoms with Crippen molar-refractivity contribution in [3.05, 3.63) is 47.9 Å². The van der Waals surface area contributed by atoms with Crippen LogP contribution in [0.2, 0.25) is 0 Å². The fourth-order valence-corrected chi connectivity index (χ4v) is 2.93. The molecule has 142 valence electrons. The minimum atomic E-state index is -4.57. The molecule has 0 aliphatic heterocycles. The maximum Gasteiger partial charge on any atom is 0.418 e. The van der Waals surface area contributed by atoms with Gasteiger partial charge in [0.15, 0.2) is 0 Å². The molecule has 0 radical (unpaired) electrons. The summed E-state index contributed by atoms with van der Waals surface area (Å²) in [7, 11) is 0. The highest BCUT2D eigenvalue weighted by molar-refractivity contribution is 8.00. The van der Waals surface area contributed by atoms with Crippen LogP contribution in [0.5, 0.6) is 0 Å². The largest absolute Gasteiger partial charge is 0.469 e. The van der Waals surface area contributed by atoms with Crippen LogP contribution >= 0.6 is 11.8 Å². The first-order chi connectivity index (χ1) is 12.8. The number of para-hydroxylation sites is 1. The number of aryl methyl sites for hydroxylation is 1. The predicted molar refractivity (Wildman–Crippen MR) is 92.1 cm³/mol. The van der Waals surface area contributed by atoms with Gasteiger partial charge in [-0.3, -0.25) is 4.79 Å². The highest BCUT2D eigenvalue weighted by Crippen LogP contribution is 2.35. The molecule has 0 fully saturated rings. The van der Waals surface area contributed by atoms with Crippen LogP contribution in [0.1, 0.15) is 18.2 Å². The van der Waals surface area contributed by atoms with E-state index in [-0.39, 0.29) is 16.8 Å². The van der Waals surface area contributed by atoms with Crippen molar-refractivity contribution in [1.29, 1.82) is 0 Å². The Bertz CT molecular complexity index is 952. The van der Waals surface area contributed by atoms with E-state index in [0.29, 0.717) is 11.3 Å². The number of carbonyl (C=O) groups is 1. The zero-order valence-corrected chi connectivity index (χ0v) is 15.0. The molecule has 6 nitrogen and oxygen atoms in total. The molecule has 2 heterocycles. The summed E-state index contributed by atoms with van der Waals surface area (Å²) in [5, 5.41) is 9.39. The van der Waals surface area contributed by atoms with E-state index < -0.39 is 22.9 Å².